The summed E-state index contributed by atoms with van der Waals surface area (Å²) in [6, 6.07) is 0. The lowest BCUT2D eigenvalue weighted by Crippen LogP contribution is -2.14. The van der Waals surface area contributed by atoms with E-state index in [1.807, 2.05) is 0 Å². The lowest BCUT2D eigenvalue weighted by molar-refractivity contribution is -0.116. The number of fused-ring (bicyclic) bond motifs is 1. The summed E-state index contributed by atoms with van der Waals surface area (Å²) in [5, 5.41) is 3.68. The Morgan fingerprint density at radius 1 is 1.50 bits per heavy atom. The van der Waals surface area contributed by atoms with E-state index in [1.165, 1.54) is 17.0 Å². The summed E-state index contributed by atoms with van der Waals surface area (Å²) in [6.45, 7) is 2.83. The summed E-state index contributed by atoms with van der Waals surface area (Å²) in [7, 11) is 0. The maximum atomic E-state index is 11.8. The van der Waals surface area contributed by atoms with Gasteiger partial charge in [0.15, 0.2) is 5.13 Å². The summed E-state index contributed by atoms with van der Waals surface area (Å²) in [5.74, 6) is 0.591. The zero-order chi connectivity index (χ0) is 13.0. The highest BCUT2D eigenvalue weighted by molar-refractivity contribution is 7.15. The first kappa shape index (κ1) is 13.5. The van der Waals surface area contributed by atoms with Crippen LogP contribution in [-0.4, -0.2) is 17.4 Å². The van der Waals surface area contributed by atoms with E-state index in [9.17, 15) is 4.79 Å². The van der Waals surface area contributed by atoms with Crippen LogP contribution in [0.4, 0.5) is 5.13 Å². The topological polar surface area (TPSA) is 68.0 Å². The minimum atomic E-state index is 0.0753. The third kappa shape index (κ3) is 3.53. The van der Waals surface area contributed by atoms with Crippen molar-refractivity contribution in [2.45, 2.75) is 45.4 Å². The van der Waals surface area contributed by atoms with Crippen LogP contribution in [0.5, 0.6) is 0 Å². The molecule has 18 heavy (non-hydrogen) atoms. The van der Waals surface area contributed by atoms with E-state index < -0.39 is 0 Å². The number of amides is 1. The fraction of sp³-hybridized carbons (Fsp3) is 0.692. The second-order valence-corrected chi connectivity index (χ2v) is 6.10. The molecule has 1 aliphatic rings. The van der Waals surface area contributed by atoms with E-state index >= 15 is 0 Å². The summed E-state index contributed by atoms with van der Waals surface area (Å²) >= 11 is 1.63. The predicted octanol–water partition coefficient (Wildman–Crippen LogP) is 2.34. The Morgan fingerprint density at radius 2 is 2.33 bits per heavy atom. The largest absolute Gasteiger partial charge is 0.330 e. The number of nitrogens with two attached hydrogens (primary N) is 1. The number of aromatic nitrogens is 1. The van der Waals surface area contributed by atoms with Crippen LogP contribution in [0.15, 0.2) is 0 Å². The van der Waals surface area contributed by atoms with Crippen molar-refractivity contribution in [1.29, 1.82) is 0 Å². The van der Waals surface area contributed by atoms with E-state index in [0.717, 1.165) is 30.8 Å². The van der Waals surface area contributed by atoms with Crippen LogP contribution in [0.1, 0.15) is 43.2 Å². The number of anilines is 1. The van der Waals surface area contributed by atoms with Crippen molar-refractivity contribution in [3.63, 3.8) is 0 Å². The average molecular weight is 267 g/mol. The Morgan fingerprint density at radius 3 is 3.06 bits per heavy atom. The van der Waals surface area contributed by atoms with Gasteiger partial charge >= 0.3 is 0 Å². The zero-order valence-electron chi connectivity index (χ0n) is 10.9. The Kier molecular flexibility index (Phi) is 4.72. The van der Waals surface area contributed by atoms with E-state index in [2.05, 4.69) is 17.2 Å². The molecule has 0 saturated carbocycles. The minimum Gasteiger partial charge on any atom is -0.330 e. The normalized spacial score (nSPS) is 15.4. The molecule has 1 atom stereocenters. The van der Waals surface area contributed by atoms with Gasteiger partial charge in [-0.2, -0.15) is 0 Å². The number of nitrogens with zero attached hydrogens (tertiary/aromatic N) is 1. The first-order valence-electron chi connectivity index (χ1n) is 6.67. The highest BCUT2D eigenvalue weighted by atomic mass is 32.1. The molecule has 100 valence electrons. The fourth-order valence-electron chi connectivity index (χ4n) is 2.23. The van der Waals surface area contributed by atoms with Gasteiger partial charge in [0.05, 0.1) is 5.69 Å². The van der Waals surface area contributed by atoms with Crippen molar-refractivity contribution in [3.05, 3.63) is 10.6 Å². The molecule has 1 aromatic heterocycles. The van der Waals surface area contributed by atoms with Crippen LogP contribution in [0.2, 0.25) is 0 Å². The predicted molar refractivity (Wildman–Crippen MR) is 74.8 cm³/mol. The van der Waals surface area contributed by atoms with Crippen molar-refractivity contribution < 1.29 is 4.79 Å². The van der Waals surface area contributed by atoms with Crippen LogP contribution in [0.3, 0.4) is 0 Å². The molecule has 0 bridgehead atoms. The molecule has 2 rings (SSSR count). The van der Waals surface area contributed by atoms with Crippen LogP contribution >= 0.6 is 11.3 Å². The molecule has 1 heterocycles. The molecule has 4 nitrogen and oxygen atoms in total. The molecule has 1 aromatic rings. The number of hydrogen-bond acceptors (Lipinski definition) is 4. The Labute approximate surface area is 112 Å². The molecule has 1 amide bonds. The monoisotopic (exact) mass is 267 g/mol. The average Bonchev–Trinajstić information content (AvgIpc) is 2.87. The molecule has 1 aliphatic carbocycles. The zero-order valence-corrected chi connectivity index (χ0v) is 11.7. The molecule has 5 heteroatoms. The van der Waals surface area contributed by atoms with Gasteiger partial charge in [-0.3, -0.25) is 4.79 Å². The number of aryl methyl sites for hydroxylation is 2. The molecule has 0 spiro atoms. The summed E-state index contributed by atoms with van der Waals surface area (Å²) in [4.78, 5) is 17.6. The highest BCUT2D eigenvalue weighted by Crippen LogP contribution is 2.30. The quantitative estimate of drug-likeness (QED) is 0.831. The summed E-state index contributed by atoms with van der Waals surface area (Å²) in [6.07, 6.45) is 5.84. The number of thiazole rings is 1. The molecule has 0 aliphatic heterocycles. The smallest absolute Gasteiger partial charge is 0.226 e. The first-order chi connectivity index (χ1) is 8.69. The third-order valence-electron chi connectivity index (χ3n) is 3.37. The van der Waals surface area contributed by atoms with Crippen molar-refractivity contribution in [2.24, 2.45) is 11.7 Å². The molecule has 3 N–H and O–H groups in total. The minimum absolute atomic E-state index is 0.0753. The standard InChI is InChI=1S/C13H21N3OS/c1-9(7-8-14)5-6-12(17)16-13-15-10-3-2-4-11(10)18-13/h9H,2-8,14H2,1H3,(H,15,16,17). The number of nitrogens with one attached hydrogen (secondary N) is 1. The fourth-order valence-corrected chi connectivity index (χ4v) is 3.30. The Bertz CT molecular complexity index is 395. The van der Waals surface area contributed by atoms with Gasteiger partial charge in [0.1, 0.15) is 0 Å². The first-order valence-corrected chi connectivity index (χ1v) is 7.49. The van der Waals surface area contributed by atoms with Crippen molar-refractivity contribution in [2.75, 3.05) is 11.9 Å². The van der Waals surface area contributed by atoms with E-state index in [1.54, 1.807) is 11.3 Å². The van der Waals surface area contributed by atoms with Crippen molar-refractivity contribution >= 4 is 22.4 Å². The van der Waals surface area contributed by atoms with Gasteiger partial charge in [-0.05, 0) is 44.6 Å². The second-order valence-electron chi connectivity index (χ2n) is 5.01. The van der Waals surface area contributed by atoms with Gasteiger partial charge in [0.2, 0.25) is 5.91 Å². The van der Waals surface area contributed by atoms with Crippen molar-refractivity contribution in [1.82, 2.24) is 4.98 Å². The lowest BCUT2D eigenvalue weighted by atomic mass is 10.0. The van der Waals surface area contributed by atoms with Crippen molar-refractivity contribution in [3.8, 4) is 0 Å². The molecule has 0 fully saturated rings. The highest BCUT2D eigenvalue weighted by Gasteiger charge is 2.17. The van der Waals surface area contributed by atoms with Crippen LogP contribution in [0.25, 0.3) is 0 Å². The van der Waals surface area contributed by atoms with E-state index in [0.29, 0.717) is 18.9 Å². The van der Waals surface area contributed by atoms with Gasteiger partial charge < -0.3 is 11.1 Å². The lowest BCUT2D eigenvalue weighted by Gasteiger charge is -2.08. The SMILES string of the molecule is CC(CCN)CCC(=O)Nc1nc2c(s1)CCC2. The number of rotatable bonds is 6. The summed E-state index contributed by atoms with van der Waals surface area (Å²) in [5.41, 5.74) is 6.68. The Balaban J connectivity index is 1.76. The van der Waals surface area contributed by atoms with Crippen LogP contribution in [-0.2, 0) is 17.6 Å². The number of carbonyl (C=O) groups excluding carboxylic acids is 1. The van der Waals surface area contributed by atoms with Gasteiger partial charge in [-0.15, -0.1) is 11.3 Å². The Hall–Kier alpha value is -0.940. The number of carbonyl (C=O) groups is 1. The molecule has 0 aromatic carbocycles. The van der Waals surface area contributed by atoms with E-state index in [-0.39, 0.29) is 5.91 Å². The molecular weight excluding hydrogens is 246 g/mol. The van der Waals surface area contributed by atoms with Crippen LogP contribution in [0, 0.1) is 5.92 Å². The molecule has 0 radical (unpaired) electrons. The van der Waals surface area contributed by atoms with Crippen LogP contribution < -0.4 is 11.1 Å². The van der Waals surface area contributed by atoms with Gasteiger partial charge in [-0.1, -0.05) is 6.92 Å². The maximum absolute atomic E-state index is 11.8. The molecule has 1 unspecified atom stereocenters. The third-order valence-corrected chi connectivity index (χ3v) is 4.44. The van der Waals surface area contributed by atoms with Gasteiger partial charge in [-0.25, -0.2) is 4.98 Å². The molecule has 0 saturated heterocycles. The van der Waals surface area contributed by atoms with E-state index in [4.69, 9.17) is 5.73 Å². The van der Waals surface area contributed by atoms with Gasteiger partial charge in [0, 0.05) is 11.3 Å². The second kappa shape index (κ2) is 6.29. The van der Waals surface area contributed by atoms with Gasteiger partial charge in [0.25, 0.3) is 0 Å². The summed E-state index contributed by atoms with van der Waals surface area (Å²) < 4.78 is 0. The molecular formula is C13H21N3OS. The maximum Gasteiger partial charge on any atom is 0.226 e. The number of hydrogen-bond donors (Lipinski definition) is 2.